The van der Waals surface area contributed by atoms with E-state index in [9.17, 15) is 4.79 Å². The molecule has 0 unspecified atom stereocenters. The minimum Gasteiger partial charge on any atom is -0.444 e. The second-order valence-corrected chi connectivity index (χ2v) is 5.61. The standard InChI is InChI=1S/C16H19N3O2/c1-16(2,3)21-15(20)17-9-5-4-6-12-7-8-13-14(10-12)19-11-18-13/h7-8,10-11H,5,9H2,1-3H3,(H,17,20)(H,18,19). The van der Waals surface area contributed by atoms with Crippen molar-refractivity contribution in [3.8, 4) is 11.8 Å². The highest BCUT2D eigenvalue weighted by Gasteiger charge is 2.15. The molecule has 0 fully saturated rings. The highest BCUT2D eigenvalue weighted by molar-refractivity contribution is 5.76. The van der Waals surface area contributed by atoms with E-state index in [0.29, 0.717) is 13.0 Å². The van der Waals surface area contributed by atoms with E-state index in [1.165, 1.54) is 0 Å². The number of aromatic amines is 1. The van der Waals surface area contributed by atoms with Crippen molar-refractivity contribution < 1.29 is 9.53 Å². The van der Waals surface area contributed by atoms with E-state index in [4.69, 9.17) is 4.74 Å². The molecular formula is C16H19N3O2. The SMILES string of the molecule is CC(C)(C)OC(=O)NCCC#Cc1ccc2nc[nH]c2c1. The number of aromatic nitrogens is 2. The predicted molar refractivity (Wildman–Crippen MR) is 81.8 cm³/mol. The van der Waals surface area contributed by atoms with E-state index in [1.54, 1.807) is 6.33 Å². The first kappa shape index (κ1) is 14.9. The van der Waals surface area contributed by atoms with Crippen LogP contribution in [0.3, 0.4) is 0 Å². The second-order valence-electron chi connectivity index (χ2n) is 5.61. The van der Waals surface area contributed by atoms with Crippen LogP contribution in [0.1, 0.15) is 32.8 Å². The number of ether oxygens (including phenoxy) is 1. The first-order valence-electron chi connectivity index (χ1n) is 6.83. The summed E-state index contributed by atoms with van der Waals surface area (Å²) in [4.78, 5) is 18.6. The number of hydrogen-bond donors (Lipinski definition) is 2. The van der Waals surface area contributed by atoms with E-state index in [1.807, 2.05) is 39.0 Å². The minimum absolute atomic E-state index is 0.414. The van der Waals surface area contributed by atoms with Gasteiger partial charge in [0.2, 0.25) is 0 Å². The number of carbonyl (C=O) groups is 1. The molecule has 0 atom stereocenters. The Morgan fingerprint density at radius 2 is 2.24 bits per heavy atom. The molecule has 5 nitrogen and oxygen atoms in total. The number of fused-ring (bicyclic) bond motifs is 1. The molecule has 5 heteroatoms. The molecule has 2 N–H and O–H groups in total. The van der Waals surface area contributed by atoms with Gasteiger partial charge >= 0.3 is 6.09 Å². The molecule has 0 aliphatic carbocycles. The lowest BCUT2D eigenvalue weighted by Gasteiger charge is -2.19. The van der Waals surface area contributed by atoms with Crippen molar-refractivity contribution in [1.29, 1.82) is 0 Å². The lowest BCUT2D eigenvalue weighted by Crippen LogP contribution is -2.32. The third-order valence-electron chi connectivity index (χ3n) is 2.57. The van der Waals surface area contributed by atoms with E-state index in [0.717, 1.165) is 16.6 Å². The lowest BCUT2D eigenvalue weighted by molar-refractivity contribution is 0.0529. The van der Waals surface area contributed by atoms with Gasteiger partial charge in [0.05, 0.1) is 17.4 Å². The smallest absolute Gasteiger partial charge is 0.407 e. The van der Waals surface area contributed by atoms with Gasteiger partial charge in [-0.25, -0.2) is 9.78 Å². The number of hydrogen-bond acceptors (Lipinski definition) is 3. The molecule has 0 aliphatic heterocycles. The summed E-state index contributed by atoms with van der Waals surface area (Å²) in [5.74, 6) is 6.08. The maximum Gasteiger partial charge on any atom is 0.407 e. The third kappa shape index (κ3) is 4.84. The van der Waals surface area contributed by atoms with Gasteiger partial charge in [0.1, 0.15) is 5.60 Å². The van der Waals surface area contributed by atoms with Crippen LogP contribution in [0.15, 0.2) is 24.5 Å². The van der Waals surface area contributed by atoms with Crippen LogP contribution in [-0.2, 0) is 4.74 Å². The molecule has 1 aromatic heterocycles. The Hall–Kier alpha value is -2.48. The summed E-state index contributed by atoms with van der Waals surface area (Å²) in [6.07, 6.45) is 1.82. The molecule has 21 heavy (non-hydrogen) atoms. The van der Waals surface area contributed by atoms with Crippen molar-refractivity contribution in [3.63, 3.8) is 0 Å². The Morgan fingerprint density at radius 3 is 3.00 bits per heavy atom. The van der Waals surface area contributed by atoms with Crippen molar-refractivity contribution in [2.75, 3.05) is 6.54 Å². The number of alkyl carbamates (subject to hydrolysis) is 1. The molecule has 0 radical (unpaired) electrons. The molecule has 110 valence electrons. The summed E-state index contributed by atoms with van der Waals surface area (Å²) in [6.45, 7) is 5.96. The van der Waals surface area contributed by atoms with Crippen LogP contribution in [0.4, 0.5) is 4.79 Å². The fourth-order valence-electron chi connectivity index (χ4n) is 1.72. The Morgan fingerprint density at radius 1 is 1.43 bits per heavy atom. The fourth-order valence-corrected chi connectivity index (χ4v) is 1.72. The first-order valence-corrected chi connectivity index (χ1v) is 6.83. The molecule has 2 rings (SSSR count). The van der Waals surface area contributed by atoms with Crippen LogP contribution in [-0.4, -0.2) is 28.2 Å². The Kier molecular flexibility index (Phi) is 4.49. The molecule has 0 spiro atoms. The Bertz CT molecular complexity index is 687. The maximum absolute atomic E-state index is 11.4. The van der Waals surface area contributed by atoms with Crippen LogP contribution in [0, 0.1) is 11.8 Å². The molecule has 0 bridgehead atoms. The number of H-pyrrole nitrogens is 1. The first-order chi connectivity index (χ1) is 9.94. The zero-order chi connectivity index (χ0) is 15.3. The van der Waals surface area contributed by atoms with Gasteiger partial charge in [-0.2, -0.15) is 0 Å². The zero-order valence-corrected chi connectivity index (χ0v) is 12.5. The largest absolute Gasteiger partial charge is 0.444 e. The van der Waals surface area contributed by atoms with Gasteiger partial charge in [0.15, 0.2) is 0 Å². The van der Waals surface area contributed by atoms with Crippen molar-refractivity contribution >= 4 is 17.1 Å². The van der Waals surface area contributed by atoms with E-state index < -0.39 is 11.7 Å². The third-order valence-corrected chi connectivity index (χ3v) is 2.57. The van der Waals surface area contributed by atoms with Gasteiger partial charge in [-0.15, -0.1) is 0 Å². The van der Waals surface area contributed by atoms with Crippen LogP contribution < -0.4 is 5.32 Å². The highest BCUT2D eigenvalue weighted by atomic mass is 16.6. The van der Waals surface area contributed by atoms with Gasteiger partial charge in [0, 0.05) is 18.5 Å². The second kappa shape index (κ2) is 6.31. The lowest BCUT2D eigenvalue weighted by atomic mass is 10.2. The highest BCUT2D eigenvalue weighted by Crippen LogP contribution is 2.10. The Balaban J connectivity index is 1.80. The van der Waals surface area contributed by atoms with Crippen LogP contribution in [0.5, 0.6) is 0 Å². The van der Waals surface area contributed by atoms with Crippen LogP contribution in [0.2, 0.25) is 0 Å². The summed E-state index contributed by atoms with van der Waals surface area (Å²) < 4.78 is 5.13. The van der Waals surface area contributed by atoms with Gasteiger partial charge in [-0.3, -0.25) is 0 Å². The quantitative estimate of drug-likeness (QED) is 0.658. The van der Waals surface area contributed by atoms with Gasteiger partial charge < -0.3 is 15.0 Å². The average Bonchev–Trinajstić information content (AvgIpc) is 2.83. The van der Waals surface area contributed by atoms with Gasteiger partial charge in [-0.05, 0) is 39.0 Å². The van der Waals surface area contributed by atoms with E-state index in [2.05, 4.69) is 27.1 Å². The molecule has 1 heterocycles. The van der Waals surface area contributed by atoms with Gasteiger partial charge in [-0.1, -0.05) is 11.8 Å². The fraction of sp³-hybridized carbons (Fsp3) is 0.375. The number of benzene rings is 1. The van der Waals surface area contributed by atoms with Crippen molar-refractivity contribution in [1.82, 2.24) is 15.3 Å². The number of nitrogens with one attached hydrogen (secondary N) is 2. The topological polar surface area (TPSA) is 67.0 Å². The summed E-state index contributed by atoms with van der Waals surface area (Å²) >= 11 is 0. The molecule has 0 saturated carbocycles. The number of rotatable bonds is 2. The molecular weight excluding hydrogens is 266 g/mol. The summed E-state index contributed by atoms with van der Waals surface area (Å²) in [7, 11) is 0. The number of amides is 1. The average molecular weight is 285 g/mol. The molecule has 0 aliphatic rings. The van der Waals surface area contributed by atoms with Gasteiger partial charge in [0.25, 0.3) is 0 Å². The molecule has 2 aromatic rings. The Labute approximate surface area is 124 Å². The summed E-state index contributed by atoms with van der Waals surface area (Å²) in [5.41, 5.74) is 2.33. The number of imidazole rings is 1. The molecule has 1 aromatic carbocycles. The summed E-state index contributed by atoms with van der Waals surface area (Å²) in [5, 5.41) is 2.67. The van der Waals surface area contributed by atoms with E-state index >= 15 is 0 Å². The van der Waals surface area contributed by atoms with E-state index in [-0.39, 0.29) is 0 Å². The normalized spacial score (nSPS) is 10.8. The van der Waals surface area contributed by atoms with Crippen LogP contribution in [0.25, 0.3) is 11.0 Å². The zero-order valence-electron chi connectivity index (χ0n) is 12.5. The van der Waals surface area contributed by atoms with Crippen molar-refractivity contribution in [2.24, 2.45) is 0 Å². The van der Waals surface area contributed by atoms with Crippen molar-refractivity contribution in [2.45, 2.75) is 32.8 Å². The maximum atomic E-state index is 11.4. The predicted octanol–water partition coefficient (Wildman–Crippen LogP) is 2.83. The molecule has 1 amide bonds. The number of carbonyl (C=O) groups excluding carboxylic acids is 1. The summed E-state index contributed by atoms with van der Waals surface area (Å²) in [6, 6.07) is 5.81. The number of nitrogens with zero attached hydrogens (tertiary/aromatic N) is 1. The van der Waals surface area contributed by atoms with Crippen molar-refractivity contribution in [3.05, 3.63) is 30.1 Å². The monoisotopic (exact) mass is 285 g/mol. The minimum atomic E-state index is -0.477. The van der Waals surface area contributed by atoms with Crippen LogP contribution >= 0.6 is 0 Å². The molecule has 0 saturated heterocycles.